The minimum absolute atomic E-state index is 0.0571. The van der Waals surface area contributed by atoms with E-state index in [1.54, 1.807) is 0 Å². The SMILES string of the molecule is Cc1ccc(NC(=O)CS(=O)Cc2cccc3c2OCCO3)cc1. The van der Waals surface area contributed by atoms with Gasteiger partial charge in [0.25, 0.3) is 0 Å². The second kappa shape index (κ2) is 7.49. The third-order valence-electron chi connectivity index (χ3n) is 3.59. The summed E-state index contributed by atoms with van der Waals surface area (Å²) in [5.74, 6) is 1.24. The molecule has 0 bridgehead atoms. The highest BCUT2D eigenvalue weighted by Crippen LogP contribution is 2.34. The van der Waals surface area contributed by atoms with Gasteiger partial charge in [0.15, 0.2) is 11.5 Å². The Labute approximate surface area is 143 Å². The number of amides is 1. The van der Waals surface area contributed by atoms with Crippen molar-refractivity contribution >= 4 is 22.4 Å². The van der Waals surface area contributed by atoms with E-state index in [-0.39, 0.29) is 17.4 Å². The van der Waals surface area contributed by atoms with E-state index in [1.165, 1.54) is 0 Å². The largest absolute Gasteiger partial charge is 0.486 e. The van der Waals surface area contributed by atoms with E-state index in [0.29, 0.717) is 30.4 Å². The Kier molecular flexibility index (Phi) is 5.15. The zero-order valence-electron chi connectivity index (χ0n) is 13.4. The summed E-state index contributed by atoms with van der Waals surface area (Å²) >= 11 is 0. The van der Waals surface area contributed by atoms with E-state index >= 15 is 0 Å². The summed E-state index contributed by atoms with van der Waals surface area (Å²) in [6.45, 7) is 2.97. The van der Waals surface area contributed by atoms with Gasteiger partial charge in [0.05, 0.1) is 5.75 Å². The second-order valence-corrected chi connectivity index (χ2v) is 7.04. The predicted molar refractivity (Wildman–Crippen MR) is 94.0 cm³/mol. The summed E-state index contributed by atoms with van der Waals surface area (Å²) in [6.07, 6.45) is 0. The van der Waals surface area contributed by atoms with Crippen LogP contribution in [-0.2, 0) is 21.3 Å². The molecule has 5 nitrogen and oxygen atoms in total. The van der Waals surface area contributed by atoms with E-state index in [4.69, 9.17) is 9.47 Å². The number of aryl methyl sites for hydroxylation is 1. The number of carbonyl (C=O) groups is 1. The van der Waals surface area contributed by atoms with Gasteiger partial charge in [-0.05, 0) is 25.1 Å². The number of ether oxygens (including phenoxy) is 2. The molecule has 1 aliphatic rings. The minimum atomic E-state index is -1.32. The lowest BCUT2D eigenvalue weighted by Gasteiger charge is -2.20. The molecule has 0 radical (unpaired) electrons. The lowest BCUT2D eigenvalue weighted by atomic mass is 10.2. The summed E-state index contributed by atoms with van der Waals surface area (Å²) in [6, 6.07) is 13.0. The zero-order valence-corrected chi connectivity index (χ0v) is 14.2. The van der Waals surface area contributed by atoms with Crippen LogP contribution in [0, 0.1) is 6.92 Å². The van der Waals surface area contributed by atoms with Gasteiger partial charge >= 0.3 is 0 Å². The van der Waals surface area contributed by atoms with Crippen molar-refractivity contribution in [2.24, 2.45) is 0 Å². The molecule has 1 unspecified atom stereocenters. The van der Waals surface area contributed by atoms with Gasteiger partial charge in [-0.1, -0.05) is 29.8 Å². The first-order chi connectivity index (χ1) is 11.6. The monoisotopic (exact) mass is 345 g/mol. The average molecular weight is 345 g/mol. The Bertz CT molecular complexity index is 758. The fraction of sp³-hybridized carbons (Fsp3) is 0.278. The van der Waals surface area contributed by atoms with Gasteiger partial charge in [0.1, 0.15) is 19.0 Å². The summed E-state index contributed by atoms with van der Waals surface area (Å²) in [4.78, 5) is 12.0. The fourth-order valence-electron chi connectivity index (χ4n) is 2.45. The lowest BCUT2D eigenvalue weighted by Crippen LogP contribution is -2.21. The molecule has 1 heterocycles. The topological polar surface area (TPSA) is 64.6 Å². The highest BCUT2D eigenvalue weighted by Gasteiger charge is 2.18. The van der Waals surface area contributed by atoms with Crippen LogP contribution in [0.4, 0.5) is 5.69 Å². The Morgan fingerprint density at radius 2 is 1.88 bits per heavy atom. The van der Waals surface area contributed by atoms with Crippen molar-refractivity contribution in [3.05, 3.63) is 53.6 Å². The van der Waals surface area contributed by atoms with Gasteiger partial charge in [0, 0.05) is 22.1 Å². The van der Waals surface area contributed by atoms with Crippen molar-refractivity contribution in [1.82, 2.24) is 0 Å². The zero-order chi connectivity index (χ0) is 16.9. The molecule has 1 N–H and O–H groups in total. The maximum atomic E-state index is 12.3. The minimum Gasteiger partial charge on any atom is -0.486 e. The van der Waals surface area contributed by atoms with Crippen LogP contribution in [0.5, 0.6) is 11.5 Å². The molecule has 126 valence electrons. The number of fused-ring (bicyclic) bond motifs is 1. The molecule has 0 saturated carbocycles. The first-order valence-corrected chi connectivity index (χ1v) is 9.19. The highest BCUT2D eigenvalue weighted by atomic mass is 32.2. The molecule has 1 amide bonds. The van der Waals surface area contributed by atoms with Crippen LogP contribution < -0.4 is 14.8 Å². The molecule has 2 aromatic carbocycles. The van der Waals surface area contributed by atoms with Crippen molar-refractivity contribution in [3.8, 4) is 11.5 Å². The van der Waals surface area contributed by atoms with Crippen LogP contribution in [0.1, 0.15) is 11.1 Å². The van der Waals surface area contributed by atoms with Gasteiger partial charge in [0.2, 0.25) is 5.91 Å². The van der Waals surface area contributed by atoms with Gasteiger partial charge < -0.3 is 14.8 Å². The Balaban J connectivity index is 1.59. The summed E-state index contributed by atoms with van der Waals surface area (Å²) in [5.41, 5.74) is 2.62. The van der Waals surface area contributed by atoms with Gasteiger partial charge in [-0.3, -0.25) is 9.00 Å². The number of para-hydroxylation sites is 1. The van der Waals surface area contributed by atoms with Crippen LogP contribution in [0.2, 0.25) is 0 Å². The first-order valence-electron chi connectivity index (χ1n) is 7.71. The van der Waals surface area contributed by atoms with E-state index in [9.17, 15) is 9.00 Å². The summed E-state index contributed by atoms with van der Waals surface area (Å²) < 4.78 is 23.4. The Hall–Kier alpha value is -2.34. The number of hydrogen-bond acceptors (Lipinski definition) is 4. The fourth-order valence-corrected chi connectivity index (χ4v) is 3.49. The van der Waals surface area contributed by atoms with Crippen molar-refractivity contribution in [2.45, 2.75) is 12.7 Å². The van der Waals surface area contributed by atoms with E-state index in [2.05, 4.69) is 5.32 Å². The summed E-state index contributed by atoms with van der Waals surface area (Å²) in [7, 11) is -1.32. The standard InChI is InChI=1S/C18H19NO4S/c1-13-5-7-15(8-6-13)19-17(20)12-24(21)11-14-3-2-4-16-18(14)23-10-9-22-16/h2-8H,9-12H2,1H3,(H,19,20). The number of anilines is 1. The smallest absolute Gasteiger partial charge is 0.237 e. The molecule has 0 saturated heterocycles. The molecule has 0 fully saturated rings. The molecule has 0 spiro atoms. The molecule has 1 aliphatic heterocycles. The third kappa shape index (κ3) is 4.14. The normalized spacial score (nSPS) is 14.0. The van der Waals surface area contributed by atoms with Crippen molar-refractivity contribution in [1.29, 1.82) is 0 Å². The van der Waals surface area contributed by atoms with Crippen LogP contribution in [0.3, 0.4) is 0 Å². The third-order valence-corrected chi connectivity index (χ3v) is 4.81. The first kappa shape index (κ1) is 16.5. The molecule has 2 aromatic rings. The van der Waals surface area contributed by atoms with Crippen molar-refractivity contribution in [3.63, 3.8) is 0 Å². The van der Waals surface area contributed by atoms with E-state index in [0.717, 1.165) is 11.1 Å². The molecule has 24 heavy (non-hydrogen) atoms. The average Bonchev–Trinajstić information content (AvgIpc) is 2.57. The molecule has 6 heteroatoms. The molecule has 3 rings (SSSR count). The highest BCUT2D eigenvalue weighted by molar-refractivity contribution is 7.85. The van der Waals surface area contributed by atoms with Gasteiger partial charge in [-0.2, -0.15) is 0 Å². The van der Waals surface area contributed by atoms with Gasteiger partial charge in [-0.25, -0.2) is 0 Å². The van der Waals surface area contributed by atoms with Crippen LogP contribution >= 0.6 is 0 Å². The van der Waals surface area contributed by atoms with E-state index < -0.39 is 10.8 Å². The maximum Gasteiger partial charge on any atom is 0.237 e. The van der Waals surface area contributed by atoms with Gasteiger partial charge in [-0.15, -0.1) is 0 Å². The van der Waals surface area contributed by atoms with Crippen LogP contribution in [0.25, 0.3) is 0 Å². The molecule has 1 atom stereocenters. The molecule has 0 aliphatic carbocycles. The Morgan fingerprint density at radius 3 is 2.67 bits per heavy atom. The number of benzene rings is 2. The molecular formula is C18H19NO4S. The molecular weight excluding hydrogens is 326 g/mol. The van der Waals surface area contributed by atoms with Crippen LogP contribution in [-0.4, -0.2) is 29.1 Å². The maximum absolute atomic E-state index is 12.3. The van der Waals surface area contributed by atoms with Crippen LogP contribution in [0.15, 0.2) is 42.5 Å². The quantitative estimate of drug-likeness (QED) is 0.905. The number of nitrogens with one attached hydrogen (secondary N) is 1. The van der Waals surface area contributed by atoms with Crippen molar-refractivity contribution in [2.75, 3.05) is 24.3 Å². The summed E-state index contributed by atoms with van der Waals surface area (Å²) in [5, 5.41) is 2.76. The van der Waals surface area contributed by atoms with Crippen molar-refractivity contribution < 1.29 is 18.5 Å². The number of hydrogen-bond donors (Lipinski definition) is 1. The number of carbonyl (C=O) groups excluding carboxylic acids is 1. The second-order valence-electron chi connectivity index (χ2n) is 5.58. The Morgan fingerprint density at radius 1 is 1.12 bits per heavy atom. The predicted octanol–water partition coefficient (Wildman–Crippen LogP) is 2.65. The lowest BCUT2D eigenvalue weighted by molar-refractivity contribution is -0.113. The number of rotatable bonds is 5. The van der Waals surface area contributed by atoms with E-state index in [1.807, 2.05) is 49.4 Å². The molecule has 0 aromatic heterocycles.